The molecule has 0 aliphatic carbocycles. The van der Waals surface area contributed by atoms with E-state index in [0.717, 1.165) is 0 Å². The van der Waals surface area contributed by atoms with Gasteiger partial charge in [-0.05, 0) is 0 Å². The Morgan fingerprint density at radius 2 is 2.33 bits per heavy atom. The van der Waals surface area contributed by atoms with Crippen LogP contribution < -0.4 is 11.2 Å². The van der Waals surface area contributed by atoms with Crippen molar-refractivity contribution in [2.45, 2.75) is 0 Å². The number of anilines is 1. The minimum Gasteiger partial charge on any atom is -0.383 e. The van der Waals surface area contributed by atoms with E-state index in [4.69, 9.17) is 10.5 Å². The number of amides is 1. The lowest BCUT2D eigenvalue weighted by molar-refractivity contribution is 0.0126. The van der Waals surface area contributed by atoms with Crippen LogP contribution in [0, 0.1) is 0 Å². The van der Waals surface area contributed by atoms with Crippen LogP contribution in [-0.4, -0.2) is 47.4 Å². The molecule has 0 saturated carbocycles. The number of hydrazine groups is 1. The van der Waals surface area contributed by atoms with Crippen LogP contribution in [0.25, 0.3) is 0 Å². The van der Waals surface area contributed by atoms with Crippen molar-refractivity contribution in [1.82, 2.24) is 20.6 Å². The van der Waals surface area contributed by atoms with Gasteiger partial charge in [0.15, 0.2) is 0 Å². The summed E-state index contributed by atoms with van der Waals surface area (Å²) in [5.74, 6) is 0.0314. The fraction of sp³-hybridized carbons (Fsp3) is 0.500. The normalized spacial score (nSPS) is 17.6. The number of hydrogen-bond acceptors (Lipinski definition) is 5. The van der Waals surface area contributed by atoms with E-state index in [2.05, 4.69) is 15.6 Å². The van der Waals surface area contributed by atoms with Gasteiger partial charge >= 0.3 is 0 Å². The average Bonchev–Trinajstić information content (AvgIpc) is 2.66. The van der Waals surface area contributed by atoms with Crippen molar-refractivity contribution in [2.24, 2.45) is 0 Å². The van der Waals surface area contributed by atoms with Gasteiger partial charge in [0.1, 0.15) is 11.4 Å². The number of ether oxygens (including phenoxy) is 1. The quantitative estimate of drug-likeness (QED) is 0.581. The third kappa shape index (κ3) is 2.25. The highest BCUT2D eigenvalue weighted by atomic mass is 16.5. The van der Waals surface area contributed by atoms with Gasteiger partial charge < -0.3 is 10.5 Å². The van der Waals surface area contributed by atoms with Crippen molar-refractivity contribution < 1.29 is 9.53 Å². The van der Waals surface area contributed by atoms with Crippen LogP contribution >= 0.6 is 0 Å². The highest BCUT2D eigenvalue weighted by Crippen LogP contribution is 2.05. The standard InChI is InChI=1S/C8H13N5O2/c9-7-6(5-10-11-7)8(14)12-13-1-3-15-4-2-13/h5H,1-4H2,(H,12,14)(H3,9,10,11). The summed E-state index contributed by atoms with van der Waals surface area (Å²) in [6.07, 6.45) is 1.41. The van der Waals surface area contributed by atoms with E-state index < -0.39 is 0 Å². The molecule has 0 atom stereocenters. The largest absolute Gasteiger partial charge is 0.383 e. The minimum absolute atomic E-state index is 0.247. The second-order valence-electron chi connectivity index (χ2n) is 3.24. The third-order valence-corrected chi connectivity index (χ3v) is 2.18. The maximum atomic E-state index is 11.7. The van der Waals surface area contributed by atoms with Crippen molar-refractivity contribution in [3.8, 4) is 0 Å². The second-order valence-corrected chi connectivity index (χ2v) is 3.24. The van der Waals surface area contributed by atoms with Gasteiger partial charge in [-0.15, -0.1) is 0 Å². The molecule has 0 aromatic carbocycles. The smallest absolute Gasteiger partial charge is 0.270 e. The number of nitrogens with zero attached hydrogens (tertiary/aromatic N) is 2. The predicted molar refractivity (Wildman–Crippen MR) is 52.9 cm³/mol. The Labute approximate surface area is 86.5 Å². The summed E-state index contributed by atoms with van der Waals surface area (Å²) in [7, 11) is 0. The first-order chi connectivity index (χ1) is 7.27. The van der Waals surface area contributed by atoms with Crippen molar-refractivity contribution in [1.29, 1.82) is 0 Å². The predicted octanol–water partition coefficient (Wildman–Crippen LogP) is -1.03. The molecule has 0 bridgehead atoms. The Hall–Kier alpha value is -1.60. The number of aromatic nitrogens is 2. The Morgan fingerprint density at radius 3 is 2.93 bits per heavy atom. The molecule has 0 spiro atoms. The van der Waals surface area contributed by atoms with Crippen LogP contribution in [0.5, 0.6) is 0 Å². The van der Waals surface area contributed by atoms with E-state index in [1.807, 2.05) is 0 Å². The summed E-state index contributed by atoms with van der Waals surface area (Å²) in [4.78, 5) is 11.7. The van der Waals surface area contributed by atoms with Gasteiger partial charge in [-0.25, -0.2) is 5.01 Å². The number of H-pyrrole nitrogens is 1. The zero-order valence-electron chi connectivity index (χ0n) is 8.19. The van der Waals surface area contributed by atoms with Gasteiger partial charge in [0, 0.05) is 13.1 Å². The van der Waals surface area contributed by atoms with Gasteiger partial charge in [-0.1, -0.05) is 0 Å². The Balaban J connectivity index is 1.94. The lowest BCUT2D eigenvalue weighted by atomic mass is 10.3. The van der Waals surface area contributed by atoms with E-state index in [1.165, 1.54) is 6.20 Å². The van der Waals surface area contributed by atoms with Crippen LogP contribution in [0.15, 0.2) is 6.20 Å². The van der Waals surface area contributed by atoms with Crippen LogP contribution in [0.1, 0.15) is 10.4 Å². The third-order valence-electron chi connectivity index (χ3n) is 2.18. The fourth-order valence-corrected chi connectivity index (χ4v) is 1.36. The molecular weight excluding hydrogens is 198 g/mol. The zero-order chi connectivity index (χ0) is 10.7. The molecule has 4 N–H and O–H groups in total. The van der Waals surface area contributed by atoms with Crippen molar-refractivity contribution in [3.63, 3.8) is 0 Å². The summed E-state index contributed by atoms with van der Waals surface area (Å²) >= 11 is 0. The summed E-state index contributed by atoms with van der Waals surface area (Å²) in [6.45, 7) is 2.62. The van der Waals surface area contributed by atoms with Crippen molar-refractivity contribution in [2.75, 3.05) is 32.0 Å². The summed E-state index contributed by atoms with van der Waals surface area (Å²) in [5.41, 5.74) is 8.62. The van der Waals surface area contributed by atoms with Gasteiger partial charge in [0.25, 0.3) is 5.91 Å². The second kappa shape index (κ2) is 4.28. The Kier molecular flexibility index (Phi) is 2.84. The monoisotopic (exact) mass is 211 g/mol. The fourth-order valence-electron chi connectivity index (χ4n) is 1.36. The highest BCUT2D eigenvalue weighted by Gasteiger charge is 2.16. The van der Waals surface area contributed by atoms with E-state index in [-0.39, 0.29) is 11.7 Å². The number of rotatable bonds is 2. The van der Waals surface area contributed by atoms with E-state index in [0.29, 0.717) is 31.9 Å². The van der Waals surface area contributed by atoms with E-state index in [1.54, 1.807) is 5.01 Å². The van der Waals surface area contributed by atoms with Crippen LogP contribution in [0.2, 0.25) is 0 Å². The molecule has 1 aliphatic heterocycles. The number of hydrogen-bond donors (Lipinski definition) is 3. The molecule has 1 aliphatic rings. The molecule has 0 radical (unpaired) electrons. The molecule has 1 saturated heterocycles. The summed E-state index contributed by atoms with van der Waals surface area (Å²) in [5, 5.41) is 8.00. The number of carbonyl (C=O) groups excluding carboxylic acids is 1. The maximum Gasteiger partial charge on any atom is 0.270 e. The molecule has 7 nitrogen and oxygen atoms in total. The van der Waals surface area contributed by atoms with Crippen LogP contribution in [-0.2, 0) is 4.74 Å². The molecule has 7 heteroatoms. The van der Waals surface area contributed by atoms with Crippen molar-refractivity contribution in [3.05, 3.63) is 11.8 Å². The van der Waals surface area contributed by atoms with Crippen LogP contribution in [0.4, 0.5) is 5.82 Å². The van der Waals surface area contributed by atoms with Gasteiger partial charge in [-0.3, -0.25) is 15.3 Å². The molecule has 2 rings (SSSR count). The van der Waals surface area contributed by atoms with Gasteiger partial charge in [-0.2, -0.15) is 5.10 Å². The molecule has 1 amide bonds. The molecule has 2 heterocycles. The number of morpholine rings is 1. The lowest BCUT2D eigenvalue weighted by Crippen LogP contribution is -2.48. The molecule has 0 unspecified atom stereocenters. The van der Waals surface area contributed by atoms with Crippen molar-refractivity contribution >= 4 is 11.7 Å². The zero-order valence-corrected chi connectivity index (χ0v) is 8.19. The number of carbonyl (C=O) groups is 1. The maximum absolute atomic E-state index is 11.7. The minimum atomic E-state index is -0.247. The number of nitrogens with two attached hydrogens (primary N) is 1. The molecule has 82 valence electrons. The summed E-state index contributed by atoms with van der Waals surface area (Å²) in [6, 6.07) is 0. The average molecular weight is 211 g/mol. The first kappa shape index (κ1) is 9.94. The topological polar surface area (TPSA) is 96.3 Å². The van der Waals surface area contributed by atoms with E-state index in [9.17, 15) is 4.79 Å². The SMILES string of the molecule is Nc1[nH]ncc1C(=O)NN1CCOCC1. The molecule has 1 aromatic rings. The first-order valence-electron chi connectivity index (χ1n) is 4.70. The Morgan fingerprint density at radius 1 is 1.60 bits per heavy atom. The lowest BCUT2D eigenvalue weighted by Gasteiger charge is -2.26. The van der Waals surface area contributed by atoms with E-state index >= 15 is 0 Å². The molecule has 15 heavy (non-hydrogen) atoms. The summed E-state index contributed by atoms with van der Waals surface area (Å²) < 4.78 is 5.16. The first-order valence-corrected chi connectivity index (χ1v) is 4.70. The number of nitrogen functional groups attached to an aromatic ring is 1. The number of nitrogens with one attached hydrogen (secondary N) is 2. The highest BCUT2D eigenvalue weighted by molar-refractivity contribution is 5.97. The van der Waals surface area contributed by atoms with Gasteiger partial charge in [0.2, 0.25) is 0 Å². The number of aromatic amines is 1. The molecular formula is C8H13N5O2. The van der Waals surface area contributed by atoms with Gasteiger partial charge in [0.05, 0.1) is 19.4 Å². The molecule has 1 fully saturated rings. The molecule has 1 aromatic heterocycles. The van der Waals surface area contributed by atoms with Crippen LogP contribution in [0.3, 0.4) is 0 Å². The Bertz CT molecular complexity index is 345.